The maximum absolute atomic E-state index is 15.1. The number of halogens is 1. The van der Waals surface area contributed by atoms with Crippen molar-refractivity contribution in [2.24, 2.45) is 11.7 Å². The van der Waals surface area contributed by atoms with Crippen LogP contribution in [0, 0.1) is 11.7 Å². The second-order valence-corrected chi connectivity index (χ2v) is 15.3. The zero-order valence-corrected chi connectivity index (χ0v) is 30.3. The number of imide groups is 1. The molecular weight excluding hydrogens is 694 g/mol. The van der Waals surface area contributed by atoms with Crippen molar-refractivity contribution in [3.63, 3.8) is 0 Å². The Morgan fingerprint density at radius 3 is 2.40 bits per heavy atom. The molecule has 3 aliphatic heterocycles. The van der Waals surface area contributed by atoms with Crippen LogP contribution in [0.2, 0.25) is 0 Å². The molecule has 2 unspecified atom stereocenters. The van der Waals surface area contributed by atoms with Crippen LogP contribution in [0.25, 0.3) is 10.4 Å². The molecule has 2 aromatic carbocycles. The fourth-order valence-corrected chi connectivity index (χ4v) is 8.51. The van der Waals surface area contributed by atoms with Gasteiger partial charge in [0.25, 0.3) is 0 Å². The molecule has 0 saturated carbocycles. The highest BCUT2D eigenvalue weighted by Crippen LogP contribution is 2.31. The summed E-state index contributed by atoms with van der Waals surface area (Å²) >= 11 is 1.59. The van der Waals surface area contributed by atoms with Gasteiger partial charge in [0, 0.05) is 79.4 Å². The van der Waals surface area contributed by atoms with E-state index in [1.54, 1.807) is 29.7 Å². The molecule has 0 spiro atoms. The largest absolute Gasteiger partial charge is 0.374 e. The van der Waals surface area contributed by atoms with Gasteiger partial charge in [-0.3, -0.25) is 34.4 Å². The smallest absolute Gasteiger partial charge is 0.249 e. The standard InChI is InChI=1S/C40H44FN7O4S/c41-31-22-29(44-33-10-13-36(49)45-40(33)52)7-11-34(31)47-20-18-46(19-21-47)25-26-14-16-48(17-15-26)37(50)23-30-8-12-35(53-30)28-6-9-32(43-24-28)38(39(42)51)27-4-2-1-3-5-27/h1-9,11-12,22,24,26,33,38,44H,10,13-21,23,25H2,(H2,42,51)(H,45,49,52). The van der Waals surface area contributed by atoms with E-state index in [0.717, 1.165) is 79.5 Å². The van der Waals surface area contributed by atoms with Crippen molar-refractivity contribution >= 4 is 46.3 Å². The fourth-order valence-electron chi connectivity index (χ4n) is 7.52. The summed E-state index contributed by atoms with van der Waals surface area (Å²) in [6, 6.07) is 21.6. The van der Waals surface area contributed by atoms with Crippen LogP contribution in [0.4, 0.5) is 15.8 Å². The Balaban J connectivity index is 0.843. The molecular formula is C40H44FN7O4S. The molecule has 53 heavy (non-hydrogen) atoms. The van der Waals surface area contributed by atoms with E-state index >= 15 is 4.39 Å². The first-order valence-electron chi connectivity index (χ1n) is 18.2. The number of amides is 4. The van der Waals surface area contributed by atoms with Gasteiger partial charge in [0.1, 0.15) is 17.8 Å². The van der Waals surface area contributed by atoms with Crippen molar-refractivity contribution in [3.05, 3.63) is 101 Å². The maximum Gasteiger partial charge on any atom is 0.249 e. The lowest BCUT2D eigenvalue weighted by Crippen LogP contribution is -2.49. The first-order chi connectivity index (χ1) is 25.7. The first-order valence-corrected chi connectivity index (χ1v) is 19.1. The Labute approximate surface area is 312 Å². The normalized spacial score (nSPS) is 19.2. The average molecular weight is 738 g/mol. The molecule has 3 fully saturated rings. The minimum absolute atomic E-state index is 0.145. The van der Waals surface area contributed by atoms with E-state index in [9.17, 15) is 19.2 Å². The van der Waals surface area contributed by atoms with Gasteiger partial charge in [-0.15, -0.1) is 11.3 Å². The van der Waals surface area contributed by atoms with E-state index in [4.69, 9.17) is 5.73 Å². The number of likely N-dealkylation sites (tertiary alicyclic amines) is 1. The molecule has 2 atom stereocenters. The molecule has 4 aromatic rings. The molecule has 13 heteroatoms. The van der Waals surface area contributed by atoms with Gasteiger partial charge >= 0.3 is 0 Å². The van der Waals surface area contributed by atoms with Crippen LogP contribution in [-0.4, -0.2) is 90.3 Å². The van der Waals surface area contributed by atoms with Crippen LogP contribution in [0.5, 0.6) is 0 Å². The van der Waals surface area contributed by atoms with Gasteiger partial charge in [0.15, 0.2) is 0 Å². The molecule has 2 aromatic heterocycles. The van der Waals surface area contributed by atoms with Crippen LogP contribution in [-0.2, 0) is 25.6 Å². The highest BCUT2D eigenvalue weighted by molar-refractivity contribution is 7.15. The van der Waals surface area contributed by atoms with Gasteiger partial charge in [0.2, 0.25) is 23.6 Å². The summed E-state index contributed by atoms with van der Waals surface area (Å²) in [5.41, 5.74) is 9.13. The molecule has 11 nitrogen and oxygen atoms in total. The molecule has 7 rings (SSSR count). The van der Waals surface area contributed by atoms with Crippen LogP contribution >= 0.6 is 11.3 Å². The Morgan fingerprint density at radius 2 is 1.72 bits per heavy atom. The van der Waals surface area contributed by atoms with Crippen molar-refractivity contribution in [1.29, 1.82) is 0 Å². The minimum atomic E-state index is -0.615. The summed E-state index contributed by atoms with van der Waals surface area (Å²) in [5, 5.41) is 5.36. The quantitative estimate of drug-likeness (QED) is 0.193. The molecule has 0 bridgehead atoms. The Morgan fingerprint density at radius 1 is 0.943 bits per heavy atom. The van der Waals surface area contributed by atoms with Crippen LogP contribution < -0.4 is 21.3 Å². The van der Waals surface area contributed by atoms with Gasteiger partial charge in [-0.25, -0.2) is 4.39 Å². The maximum atomic E-state index is 15.1. The zero-order valence-electron chi connectivity index (χ0n) is 29.5. The molecule has 3 saturated heterocycles. The number of aromatic nitrogens is 1. The molecule has 4 amide bonds. The summed E-state index contributed by atoms with van der Waals surface area (Å²) < 4.78 is 15.1. The van der Waals surface area contributed by atoms with E-state index in [1.807, 2.05) is 59.5 Å². The highest BCUT2D eigenvalue weighted by Gasteiger charge is 2.29. The number of thiophene rings is 1. The second-order valence-electron chi connectivity index (χ2n) is 14.1. The molecule has 5 heterocycles. The van der Waals surface area contributed by atoms with E-state index in [-0.39, 0.29) is 30.0 Å². The van der Waals surface area contributed by atoms with Crippen molar-refractivity contribution < 1.29 is 23.6 Å². The second kappa shape index (κ2) is 16.3. The Bertz CT molecular complexity index is 1940. The number of pyridine rings is 1. The molecule has 0 aliphatic carbocycles. The van der Waals surface area contributed by atoms with Crippen molar-refractivity contribution in [2.45, 2.75) is 44.1 Å². The van der Waals surface area contributed by atoms with Gasteiger partial charge < -0.3 is 20.9 Å². The van der Waals surface area contributed by atoms with Crippen molar-refractivity contribution in [3.8, 4) is 10.4 Å². The van der Waals surface area contributed by atoms with Crippen LogP contribution in [0.3, 0.4) is 0 Å². The summed E-state index contributed by atoms with van der Waals surface area (Å²) in [6.07, 6.45) is 4.70. The number of hydrogen-bond donors (Lipinski definition) is 3. The van der Waals surface area contributed by atoms with Gasteiger partial charge in [-0.1, -0.05) is 36.4 Å². The van der Waals surface area contributed by atoms with E-state index < -0.39 is 17.9 Å². The lowest BCUT2D eigenvalue weighted by molar-refractivity contribution is -0.134. The number of rotatable bonds is 11. The number of carbonyl (C=O) groups is 4. The fraction of sp³-hybridized carbons (Fsp3) is 0.375. The van der Waals surface area contributed by atoms with Crippen LogP contribution in [0.15, 0.2) is 79.0 Å². The topological polar surface area (TPSA) is 141 Å². The number of nitrogens with one attached hydrogen (secondary N) is 2. The molecule has 4 N–H and O–H groups in total. The Hall–Kier alpha value is -5.14. The third-order valence-electron chi connectivity index (χ3n) is 10.5. The molecule has 276 valence electrons. The zero-order chi connectivity index (χ0) is 36.9. The number of piperidine rings is 2. The number of hydrogen-bond acceptors (Lipinski definition) is 9. The number of nitrogens with zero attached hydrogens (tertiary/aromatic N) is 4. The number of carbonyl (C=O) groups excluding carboxylic acids is 4. The predicted molar refractivity (Wildman–Crippen MR) is 203 cm³/mol. The van der Waals surface area contributed by atoms with Crippen molar-refractivity contribution in [1.82, 2.24) is 20.1 Å². The number of anilines is 2. The van der Waals surface area contributed by atoms with Gasteiger partial charge in [0.05, 0.1) is 17.8 Å². The summed E-state index contributed by atoms with van der Waals surface area (Å²) in [4.78, 5) is 62.1. The monoisotopic (exact) mass is 737 g/mol. The number of primary amides is 1. The van der Waals surface area contributed by atoms with E-state index in [0.29, 0.717) is 35.8 Å². The molecule has 0 radical (unpaired) electrons. The summed E-state index contributed by atoms with van der Waals surface area (Å²) in [5.74, 6) is -1.40. The van der Waals surface area contributed by atoms with Crippen molar-refractivity contribution in [2.75, 3.05) is 56.0 Å². The SMILES string of the molecule is NC(=O)C(c1ccccc1)c1ccc(-c2ccc(CC(=O)N3CCC(CN4CCN(c5ccc(NC6CCC(=O)NC6=O)cc5F)CC4)CC3)s2)cn1. The third-order valence-corrected chi connectivity index (χ3v) is 11.6. The predicted octanol–water partition coefficient (Wildman–Crippen LogP) is 4.39. The average Bonchev–Trinajstić information content (AvgIpc) is 3.63. The summed E-state index contributed by atoms with van der Waals surface area (Å²) in [6.45, 7) is 5.59. The lowest BCUT2D eigenvalue weighted by Gasteiger charge is -2.39. The number of nitrogens with two attached hydrogens (primary N) is 1. The first kappa shape index (κ1) is 36.2. The number of piperazine rings is 1. The number of benzene rings is 2. The van der Waals surface area contributed by atoms with E-state index in [2.05, 4.69) is 25.4 Å². The van der Waals surface area contributed by atoms with Gasteiger partial charge in [-0.2, -0.15) is 0 Å². The lowest BCUT2D eigenvalue weighted by atomic mass is 9.94. The molecule has 3 aliphatic rings. The van der Waals surface area contributed by atoms with Crippen LogP contribution in [0.1, 0.15) is 47.7 Å². The summed E-state index contributed by atoms with van der Waals surface area (Å²) in [7, 11) is 0. The Kier molecular flexibility index (Phi) is 11.1. The third kappa shape index (κ3) is 8.74. The minimum Gasteiger partial charge on any atom is -0.374 e. The highest BCUT2D eigenvalue weighted by atomic mass is 32.1. The van der Waals surface area contributed by atoms with Gasteiger partial charge in [-0.05, 0) is 67.1 Å². The van der Waals surface area contributed by atoms with E-state index in [1.165, 1.54) is 6.07 Å².